The minimum absolute atomic E-state index is 0.0353. The Labute approximate surface area is 273 Å². The van der Waals surface area contributed by atoms with E-state index in [9.17, 15) is 37.9 Å². The number of aromatic amines is 1. The number of H-pyrrole nitrogens is 1. The quantitative estimate of drug-likeness (QED) is 0.148. The van der Waals surface area contributed by atoms with Crippen LogP contribution in [0.3, 0.4) is 0 Å². The topological polar surface area (TPSA) is 149 Å². The van der Waals surface area contributed by atoms with E-state index in [2.05, 4.69) is 15.6 Å². The van der Waals surface area contributed by atoms with Gasteiger partial charge in [-0.3, -0.25) is 24.0 Å². The average molecular weight is 665 g/mol. The van der Waals surface area contributed by atoms with E-state index in [1.165, 1.54) is 11.3 Å². The van der Waals surface area contributed by atoms with Crippen LogP contribution in [-0.2, 0) is 30.4 Å². The molecule has 47 heavy (non-hydrogen) atoms. The summed E-state index contributed by atoms with van der Waals surface area (Å²) in [7, 11) is 0. The number of rotatable bonds is 14. The number of aromatic nitrogens is 1. The highest BCUT2D eigenvalue weighted by atomic mass is 32.1. The average Bonchev–Trinajstić information content (AvgIpc) is 3.83. The van der Waals surface area contributed by atoms with Crippen molar-refractivity contribution in [3.63, 3.8) is 0 Å². The van der Waals surface area contributed by atoms with E-state index in [1.54, 1.807) is 35.0 Å². The smallest absolute Gasteiger partial charge is 0.304 e. The van der Waals surface area contributed by atoms with Crippen molar-refractivity contribution in [3.05, 3.63) is 94.3 Å². The largest absolute Gasteiger partial charge is 0.481 e. The van der Waals surface area contributed by atoms with Gasteiger partial charge in [-0.1, -0.05) is 48.5 Å². The number of fused-ring (bicyclic) bond motifs is 1. The molecule has 0 bridgehead atoms. The Balaban J connectivity index is 1.32. The summed E-state index contributed by atoms with van der Waals surface area (Å²) in [5.74, 6) is -6.60. The summed E-state index contributed by atoms with van der Waals surface area (Å²) in [6.45, 7) is 0.0922. The molecular formula is C34H34F2N4O6S. The number of nitrogens with zero attached hydrogens (tertiary/aromatic N) is 1. The van der Waals surface area contributed by atoms with Crippen LogP contribution in [0.2, 0.25) is 0 Å². The lowest BCUT2D eigenvalue weighted by atomic mass is 9.92. The number of amides is 3. The zero-order valence-corrected chi connectivity index (χ0v) is 26.1. The molecule has 3 heterocycles. The third kappa shape index (κ3) is 8.09. The molecular weight excluding hydrogens is 630 g/mol. The Morgan fingerprint density at radius 3 is 2.47 bits per heavy atom. The van der Waals surface area contributed by atoms with E-state index in [0.717, 1.165) is 26.9 Å². The number of hydrogen-bond acceptors (Lipinski definition) is 6. The molecule has 1 aliphatic rings. The van der Waals surface area contributed by atoms with Gasteiger partial charge in [0.2, 0.25) is 24.0 Å². The number of carbonyl (C=O) groups is 5. The molecule has 246 valence electrons. The molecule has 4 N–H and O–H groups in total. The number of carboxylic acid groups (broad SMARTS) is 1. The van der Waals surface area contributed by atoms with Gasteiger partial charge < -0.3 is 25.6 Å². The standard InChI is InChI=1S/C34H34F2N4O6S/c35-29(36)16-27(32(44)37-12-10-21-17-38-26-9-5-4-8-24(21)26)39-33(45)28-14-23(20-6-2-1-3-7-20)18-40(28)34(46)31(43)25(15-30(41)42)22-11-13-47-19-22/h1-9,11,13,17,19,23,25,27-29,38H,10,12,14-16,18H2,(H,37,44)(H,39,45)(H,41,42)/t23-,25?,27+,28?/m1/s1. The number of carbonyl (C=O) groups excluding carboxylic acids is 4. The summed E-state index contributed by atoms with van der Waals surface area (Å²) in [5.41, 5.74) is 3.02. The van der Waals surface area contributed by atoms with Gasteiger partial charge in [-0.25, -0.2) is 8.78 Å². The highest BCUT2D eigenvalue weighted by Crippen LogP contribution is 2.34. The number of aliphatic carboxylic acids is 1. The van der Waals surface area contributed by atoms with Gasteiger partial charge in [0, 0.05) is 42.5 Å². The molecule has 3 amide bonds. The van der Waals surface area contributed by atoms with Crippen LogP contribution >= 0.6 is 11.3 Å². The Morgan fingerprint density at radius 2 is 1.77 bits per heavy atom. The van der Waals surface area contributed by atoms with E-state index < -0.39 is 66.7 Å². The monoisotopic (exact) mass is 664 g/mol. The number of para-hydroxylation sites is 1. The van der Waals surface area contributed by atoms with E-state index >= 15 is 0 Å². The molecule has 0 aliphatic carbocycles. The van der Waals surface area contributed by atoms with Crippen LogP contribution in [0.5, 0.6) is 0 Å². The van der Waals surface area contributed by atoms with E-state index in [1.807, 2.05) is 42.6 Å². The SMILES string of the molecule is O=C(O)CC(C(=O)C(=O)N1C[C@H](c2ccccc2)CC1C(=O)N[C@@H](CC(F)F)C(=O)NCCc1c[nH]c2ccccc12)c1ccsc1. The van der Waals surface area contributed by atoms with Crippen LogP contribution in [-0.4, -0.2) is 76.1 Å². The first-order chi connectivity index (χ1) is 22.6. The molecule has 4 atom stereocenters. The second kappa shape index (κ2) is 15.1. The fourth-order valence-electron chi connectivity index (χ4n) is 6.04. The zero-order chi connectivity index (χ0) is 33.5. The van der Waals surface area contributed by atoms with Gasteiger partial charge in [0.15, 0.2) is 0 Å². The molecule has 2 unspecified atom stereocenters. The molecule has 1 aliphatic heterocycles. The summed E-state index contributed by atoms with van der Waals surface area (Å²) in [5, 5.41) is 18.7. The van der Waals surface area contributed by atoms with Crippen LogP contribution < -0.4 is 10.6 Å². The first kappa shape index (κ1) is 33.5. The van der Waals surface area contributed by atoms with E-state index in [0.29, 0.717) is 12.0 Å². The number of ketones is 1. The number of likely N-dealkylation sites (tertiary alicyclic amines) is 1. The van der Waals surface area contributed by atoms with Crippen LogP contribution in [0, 0.1) is 0 Å². The van der Waals surface area contributed by atoms with Crippen molar-refractivity contribution >= 4 is 51.7 Å². The van der Waals surface area contributed by atoms with Crippen molar-refractivity contribution in [1.82, 2.24) is 20.5 Å². The lowest BCUT2D eigenvalue weighted by molar-refractivity contribution is -0.149. The summed E-state index contributed by atoms with van der Waals surface area (Å²) < 4.78 is 27.2. The highest BCUT2D eigenvalue weighted by Gasteiger charge is 2.44. The number of carboxylic acids is 1. The van der Waals surface area contributed by atoms with Gasteiger partial charge in [-0.05, 0) is 52.4 Å². The molecule has 5 rings (SSSR count). The number of thiophene rings is 1. The first-order valence-corrected chi connectivity index (χ1v) is 16.1. The van der Waals surface area contributed by atoms with Gasteiger partial charge >= 0.3 is 5.97 Å². The molecule has 1 saturated heterocycles. The summed E-state index contributed by atoms with van der Waals surface area (Å²) >= 11 is 1.24. The van der Waals surface area contributed by atoms with Crippen molar-refractivity contribution in [2.45, 2.75) is 56.0 Å². The lowest BCUT2D eigenvalue weighted by Crippen LogP contribution is -2.54. The Hall–Kier alpha value is -4.91. The van der Waals surface area contributed by atoms with Crippen molar-refractivity contribution < 1.29 is 37.9 Å². The maximum absolute atomic E-state index is 13.7. The van der Waals surface area contributed by atoms with E-state index in [4.69, 9.17) is 0 Å². The third-order valence-electron chi connectivity index (χ3n) is 8.40. The Kier molecular flexibility index (Phi) is 10.8. The maximum atomic E-state index is 13.7. The fourth-order valence-corrected chi connectivity index (χ4v) is 6.75. The molecule has 0 spiro atoms. The van der Waals surface area contributed by atoms with Crippen molar-refractivity contribution in [1.29, 1.82) is 0 Å². The van der Waals surface area contributed by atoms with E-state index in [-0.39, 0.29) is 25.4 Å². The van der Waals surface area contributed by atoms with Crippen molar-refractivity contribution in [2.75, 3.05) is 13.1 Å². The number of benzene rings is 2. The number of Topliss-reactive ketones (excluding diaryl/α,β-unsaturated/α-hetero) is 1. The predicted octanol–water partition coefficient (Wildman–Crippen LogP) is 4.24. The molecule has 10 nitrogen and oxygen atoms in total. The molecule has 0 radical (unpaired) electrons. The van der Waals surface area contributed by atoms with Gasteiger partial charge in [-0.2, -0.15) is 11.3 Å². The fraction of sp³-hybridized carbons (Fsp3) is 0.324. The summed E-state index contributed by atoms with van der Waals surface area (Å²) in [6.07, 6.45) is -2.19. The first-order valence-electron chi connectivity index (χ1n) is 15.2. The normalized spacial score (nSPS) is 17.4. The van der Waals surface area contributed by atoms with Crippen LogP contribution in [0.1, 0.15) is 47.8 Å². The minimum Gasteiger partial charge on any atom is -0.481 e. The van der Waals surface area contributed by atoms with Crippen LogP contribution in [0.25, 0.3) is 10.9 Å². The highest BCUT2D eigenvalue weighted by molar-refractivity contribution is 7.08. The maximum Gasteiger partial charge on any atom is 0.304 e. The molecule has 13 heteroatoms. The molecule has 2 aromatic carbocycles. The van der Waals surface area contributed by atoms with Crippen LogP contribution in [0.4, 0.5) is 8.78 Å². The second-order valence-electron chi connectivity index (χ2n) is 11.5. The number of halogens is 2. The summed E-state index contributed by atoms with van der Waals surface area (Å²) in [6, 6.07) is 15.3. The molecule has 0 saturated carbocycles. The molecule has 1 fully saturated rings. The lowest BCUT2D eigenvalue weighted by Gasteiger charge is -2.27. The Bertz CT molecular complexity index is 1730. The molecule has 4 aromatic rings. The van der Waals surface area contributed by atoms with Gasteiger partial charge in [0.25, 0.3) is 5.91 Å². The minimum atomic E-state index is -2.91. The van der Waals surface area contributed by atoms with Gasteiger partial charge in [0.1, 0.15) is 12.1 Å². The summed E-state index contributed by atoms with van der Waals surface area (Å²) in [4.78, 5) is 69.8. The van der Waals surface area contributed by atoms with Crippen molar-refractivity contribution in [2.24, 2.45) is 0 Å². The van der Waals surface area contributed by atoms with Crippen LogP contribution in [0.15, 0.2) is 77.6 Å². The second-order valence-corrected chi connectivity index (χ2v) is 12.3. The third-order valence-corrected chi connectivity index (χ3v) is 9.10. The predicted molar refractivity (Wildman–Crippen MR) is 171 cm³/mol. The number of alkyl halides is 2. The van der Waals surface area contributed by atoms with Crippen molar-refractivity contribution in [3.8, 4) is 0 Å². The van der Waals surface area contributed by atoms with Gasteiger partial charge in [0.05, 0.1) is 12.3 Å². The van der Waals surface area contributed by atoms with Gasteiger partial charge in [-0.15, -0.1) is 0 Å². The number of hydrogen-bond donors (Lipinski definition) is 4. The zero-order valence-electron chi connectivity index (χ0n) is 25.2. The number of nitrogens with one attached hydrogen (secondary N) is 3. The Morgan fingerprint density at radius 1 is 1.02 bits per heavy atom. The molecule has 2 aromatic heterocycles.